The number of aliphatic carboxylic acids is 2. The van der Waals surface area contributed by atoms with Crippen molar-refractivity contribution in [1.82, 2.24) is 10.2 Å². The minimum absolute atomic E-state index is 0.558. The number of carbonyl (C=O) groups is 2. The van der Waals surface area contributed by atoms with Crippen molar-refractivity contribution in [1.29, 1.82) is 0 Å². The summed E-state index contributed by atoms with van der Waals surface area (Å²) in [4.78, 5) is 21.5. The van der Waals surface area contributed by atoms with Gasteiger partial charge in [0.15, 0.2) is 0 Å². The van der Waals surface area contributed by atoms with Gasteiger partial charge in [-0.05, 0) is 26.6 Å². The van der Waals surface area contributed by atoms with Crippen LogP contribution in [-0.2, 0) is 9.59 Å². The predicted octanol–water partition coefficient (Wildman–Crippen LogP) is -0.377. The molecule has 0 aromatic heterocycles. The monoisotopic (exact) mass is 230 g/mol. The molecule has 1 aliphatic rings. The van der Waals surface area contributed by atoms with Crippen LogP contribution < -0.4 is 5.32 Å². The Balaban J connectivity index is 0.000000281. The van der Waals surface area contributed by atoms with Gasteiger partial charge in [-0.3, -0.25) is 0 Å². The van der Waals surface area contributed by atoms with Crippen LogP contribution in [0, 0.1) is 0 Å². The zero-order valence-electron chi connectivity index (χ0n) is 9.35. The van der Waals surface area contributed by atoms with Gasteiger partial charge in [-0.1, -0.05) is 0 Å². The fraction of sp³-hybridized carbons (Fsp3) is 0.600. The molecule has 0 amide bonds. The van der Waals surface area contributed by atoms with Crippen molar-refractivity contribution in [2.24, 2.45) is 0 Å². The molecular formula is C10H18N2O4. The van der Waals surface area contributed by atoms with Gasteiger partial charge in [-0.2, -0.15) is 0 Å². The first-order valence-electron chi connectivity index (χ1n) is 5.05. The first-order valence-corrected chi connectivity index (χ1v) is 5.05. The van der Waals surface area contributed by atoms with Gasteiger partial charge in [0.25, 0.3) is 0 Å². The van der Waals surface area contributed by atoms with Crippen LogP contribution in [0.2, 0.25) is 0 Å². The lowest BCUT2D eigenvalue weighted by Crippen LogP contribution is -2.23. The van der Waals surface area contributed by atoms with Crippen molar-refractivity contribution in [3.63, 3.8) is 0 Å². The fourth-order valence-electron chi connectivity index (χ4n) is 1.12. The highest BCUT2D eigenvalue weighted by Crippen LogP contribution is 1.88. The highest BCUT2D eigenvalue weighted by atomic mass is 16.4. The third kappa shape index (κ3) is 10.7. The van der Waals surface area contributed by atoms with Crippen LogP contribution in [0.4, 0.5) is 0 Å². The van der Waals surface area contributed by atoms with E-state index in [0.717, 1.165) is 6.54 Å². The second-order valence-corrected chi connectivity index (χ2v) is 3.42. The first-order chi connectivity index (χ1) is 7.52. The molecule has 92 valence electrons. The molecule has 0 unspecified atom stereocenters. The molecule has 0 aliphatic carbocycles. The number of nitrogens with zero attached hydrogens (tertiary/aromatic N) is 1. The number of carboxylic acids is 2. The Labute approximate surface area is 94.6 Å². The maximum Gasteiger partial charge on any atom is 0.328 e. The van der Waals surface area contributed by atoms with E-state index in [0.29, 0.717) is 12.2 Å². The highest BCUT2D eigenvalue weighted by molar-refractivity contribution is 5.89. The van der Waals surface area contributed by atoms with Crippen molar-refractivity contribution >= 4 is 11.9 Å². The number of likely N-dealkylation sites (N-methyl/N-ethyl adjacent to an activating group) is 1. The minimum Gasteiger partial charge on any atom is -0.478 e. The Bertz CT molecular complexity index is 229. The van der Waals surface area contributed by atoms with Gasteiger partial charge in [0, 0.05) is 25.2 Å². The third-order valence-corrected chi connectivity index (χ3v) is 1.93. The molecule has 0 aromatic carbocycles. The van der Waals surface area contributed by atoms with Crippen LogP contribution in [0.5, 0.6) is 0 Å². The summed E-state index contributed by atoms with van der Waals surface area (Å²) in [6.45, 7) is 4.83. The molecule has 0 radical (unpaired) electrons. The van der Waals surface area contributed by atoms with Crippen molar-refractivity contribution in [2.75, 3.05) is 33.2 Å². The number of carboxylic acid groups (broad SMARTS) is 2. The van der Waals surface area contributed by atoms with E-state index in [1.165, 1.54) is 26.1 Å². The number of hydrogen-bond acceptors (Lipinski definition) is 4. The van der Waals surface area contributed by atoms with Crippen LogP contribution in [0.25, 0.3) is 0 Å². The van der Waals surface area contributed by atoms with E-state index in [4.69, 9.17) is 10.2 Å². The largest absolute Gasteiger partial charge is 0.478 e. The van der Waals surface area contributed by atoms with Crippen LogP contribution in [0.1, 0.15) is 6.42 Å². The lowest BCUT2D eigenvalue weighted by Gasteiger charge is -2.09. The smallest absolute Gasteiger partial charge is 0.328 e. The van der Waals surface area contributed by atoms with E-state index in [1.807, 2.05) is 0 Å². The highest BCUT2D eigenvalue weighted by Gasteiger charge is 2.00. The Hall–Kier alpha value is -1.40. The van der Waals surface area contributed by atoms with Gasteiger partial charge >= 0.3 is 11.9 Å². The Kier molecular flexibility index (Phi) is 8.10. The zero-order valence-corrected chi connectivity index (χ0v) is 9.35. The summed E-state index contributed by atoms with van der Waals surface area (Å²) in [5.74, 6) is -2.51. The Morgan fingerprint density at radius 2 is 1.69 bits per heavy atom. The summed E-state index contributed by atoms with van der Waals surface area (Å²) in [6, 6.07) is 0. The number of rotatable bonds is 2. The van der Waals surface area contributed by atoms with Crippen molar-refractivity contribution in [2.45, 2.75) is 6.42 Å². The molecule has 6 heteroatoms. The SMILES string of the molecule is CN1CCCNCC1.O=C(O)/C=C/C(=O)O. The fourth-order valence-corrected chi connectivity index (χ4v) is 1.12. The van der Waals surface area contributed by atoms with Gasteiger partial charge in [0.1, 0.15) is 0 Å². The molecule has 3 N–H and O–H groups in total. The maximum absolute atomic E-state index is 9.55. The molecular weight excluding hydrogens is 212 g/mol. The summed E-state index contributed by atoms with van der Waals surface area (Å²) < 4.78 is 0. The van der Waals surface area contributed by atoms with E-state index in [9.17, 15) is 9.59 Å². The number of nitrogens with one attached hydrogen (secondary N) is 1. The Morgan fingerprint density at radius 3 is 2.19 bits per heavy atom. The van der Waals surface area contributed by atoms with Crippen LogP contribution in [-0.4, -0.2) is 60.3 Å². The average Bonchev–Trinajstić information content (AvgIpc) is 2.44. The lowest BCUT2D eigenvalue weighted by molar-refractivity contribution is -0.134. The molecule has 0 atom stereocenters. The maximum atomic E-state index is 9.55. The van der Waals surface area contributed by atoms with E-state index in [2.05, 4.69) is 17.3 Å². The van der Waals surface area contributed by atoms with Crippen LogP contribution in [0.15, 0.2) is 12.2 Å². The second-order valence-electron chi connectivity index (χ2n) is 3.42. The van der Waals surface area contributed by atoms with Gasteiger partial charge in [-0.25, -0.2) is 9.59 Å². The van der Waals surface area contributed by atoms with Gasteiger partial charge in [-0.15, -0.1) is 0 Å². The van der Waals surface area contributed by atoms with E-state index in [-0.39, 0.29) is 0 Å². The Morgan fingerprint density at radius 1 is 1.12 bits per heavy atom. The molecule has 1 heterocycles. The summed E-state index contributed by atoms with van der Waals surface area (Å²) >= 11 is 0. The molecule has 0 aromatic rings. The molecule has 0 spiro atoms. The quantitative estimate of drug-likeness (QED) is 0.560. The first kappa shape index (κ1) is 14.6. The zero-order chi connectivity index (χ0) is 12.4. The van der Waals surface area contributed by atoms with Crippen molar-refractivity contribution in [3.05, 3.63) is 12.2 Å². The third-order valence-electron chi connectivity index (χ3n) is 1.93. The summed E-state index contributed by atoms with van der Waals surface area (Å²) in [6.07, 6.45) is 2.42. The molecule has 16 heavy (non-hydrogen) atoms. The number of hydrogen-bond donors (Lipinski definition) is 3. The van der Waals surface area contributed by atoms with Crippen LogP contribution >= 0.6 is 0 Å². The molecule has 6 nitrogen and oxygen atoms in total. The molecule has 0 bridgehead atoms. The standard InChI is InChI=1S/C6H14N2.C4H4O4/c1-8-5-2-3-7-4-6-8;5-3(6)1-2-4(7)8/h7H,2-6H2,1H3;1-2H,(H,5,6)(H,7,8)/b;2-1+. The average molecular weight is 230 g/mol. The van der Waals surface area contributed by atoms with Gasteiger partial charge in [0.2, 0.25) is 0 Å². The summed E-state index contributed by atoms with van der Waals surface area (Å²) in [5, 5.41) is 19.0. The normalized spacial score (nSPS) is 17.3. The topological polar surface area (TPSA) is 89.9 Å². The minimum atomic E-state index is -1.26. The molecule has 1 saturated heterocycles. The molecule has 1 fully saturated rings. The lowest BCUT2D eigenvalue weighted by atomic mass is 10.4. The summed E-state index contributed by atoms with van der Waals surface area (Å²) in [5.41, 5.74) is 0. The van der Waals surface area contributed by atoms with E-state index < -0.39 is 11.9 Å². The van der Waals surface area contributed by atoms with Gasteiger partial charge < -0.3 is 20.4 Å². The molecule has 1 aliphatic heterocycles. The molecule has 0 saturated carbocycles. The summed E-state index contributed by atoms with van der Waals surface area (Å²) in [7, 11) is 2.17. The van der Waals surface area contributed by atoms with Crippen molar-refractivity contribution < 1.29 is 19.8 Å². The van der Waals surface area contributed by atoms with E-state index >= 15 is 0 Å². The molecule has 1 rings (SSSR count). The predicted molar refractivity (Wildman–Crippen MR) is 59.4 cm³/mol. The van der Waals surface area contributed by atoms with Crippen molar-refractivity contribution in [3.8, 4) is 0 Å². The second kappa shape index (κ2) is 8.87. The van der Waals surface area contributed by atoms with Gasteiger partial charge in [0.05, 0.1) is 0 Å². The van der Waals surface area contributed by atoms with Crippen LogP contribution in [0.3, 0.4) is 0 Å². The van der Waals surface area contributed by atoms with E-state index in [1.54, 1.807) is 0 Å².